The number of nitrogens with zero attached hydrogens (tertiary/aromatic N) is 2. The standard InChI is InChI=1S/C13H16N2O2/c1-3-15-8-11(7-14-15)9-17-13-6-4-5-12(16)10(13)2/h4-8,16H,3,9H2,1-2H3. The number of phenolic OH excluding ortho intramolecular Hbond substituents is 1. The van der Waals surface area contributed by atoms with Crippen molar-refractivity contribution in [3.63, 3.8) is 0 Å². The highest BCUT2D eigenvalue weighted by molar-refractivity contribution is 5.42. The summed E-state index contributed by atoms with van der Waals surface area (Å²) in [5, 5.41) is 13.7. The van der Waals surface area contributed by atoms with Crippen LogP contribution in [0.2, 0.25) is 0 Å². The van der Waals surface area contributed by atoms with Crippen LogP contribution in [0.5, 0.6) is 11.5 Å². The van der Waals surface area contributed by atoms with Gasteiger partial charge in [0.25, 0.3) is 0 Å². The van der Waals surface area contributed by atoms with Crippen molar-refractivity contribution in [2.45, 2.75) is 27.0 Å². The minimum absolute atomic E-state index is 0.256. The van der Waals surface area contributed by atoms with Gasteiger partial charge in [0.2, 0.25) is 0 Å². The molecule has 0 amide bonds. The number of hydrogen-bond acceptors (Lipinski definition) is 3. The van der Waals surface area contributed by atoms with E-state index in [1.165, 1.54) is 0 Å². The summed E-state index contributed by atoms with van der Waals surface area (Å²) in [7, 11) is 0. The average molecular weight is 232 g/mol. The lowest BCUT2D eigenvalue weighted by Gasteiger charge is -2.08. The van der Waals surface area contributed by atoms with E-state index in [1.54, 1.807) is 18.3 Å². The van der Waals surface area contributed by atoms with Crippen LogP contribution in [0.4, 0.5) is 0 Å². The minimum Gasteiger partial charge on any atom is -0.508 e. The number of aromatic nitrogens is 2. The summed E-state index contributed by atoms with van der Waals surface area (Å²) in [5.41, 5.74) is 1.78. The second kappa shape index (κ2) is 4.91. The molecule has 0 fully saturated rings. The molecule has 1 aromatic heterocycles. The first kappa shape index (κ1) is 11.5. The summed E-state index contributed by atoms with van der Waals surface area (Å²) < 4.78 is 7.50. The molecule has 2 rings (SSSR count). The Bertz CT molecular complexity index is 506. The van der Waals surface area contributed by atoms with Crippen LogP contribution in [-0.2, 0) is 13.2 Å². The Morgan fingerprint density at radius 1 is 1.41 bits per heavy atom. The molecule has 0 saturated heterocycles. The predicted molar refractivity (Wildman–Crippen MR) is 65.1 cm³/mol. The molecular weight excluding hydrogens is 216 g/mol. The molecule has 0 atom stereocenters. The van der Waals surface area contributed by atoms with Crippen LogP contribution < -0.4 is 4.74 Å². The zero-order valence-corrected chi connectivity index (χ0v) is 10.1. The van der Waals surface area contributed by atoms with Gasteiger partial charge in [-0.2, -0.15) is 5.10 Å². The number of aromatic hydroxyl groups is 1. The Morgan fingerprint density at radius 3 is 2.94 bits per heavy atom. The van der Waals surface area contributed by atoms with Crippen molar-refractivity contribution in [3.8, 4) is 11.5 Å². The quantitative estimate of drug-likeness (QED) is 0.881. The maximum atomic E-state index is 9.54. The van der Waals surface area contributed by atoms with Gasteiger partial charge in [-0.1, -0.05) is 6.07 Å². The van der Waals surface area contributed by atoms with Gasteiger partial charge in [0.1, 0.15) is 18.1 Å². The van der Waals surface area contributed by atoms with Crippen LogP contribution in [0.25, 0.3) is 0 Å². The molecule has 0 aliphatic heterocycles. The largest absolute Gasteiger partial charge is 0.508 e. The van der Waals surface area contributed by atoms with E-state index in [0.29, 0.717) is 12.4 Å². The van der Waals surface area contributed by atoms with Crippen LogP contribution in [0.15, 0.2) is 30.6 Å². The molecule has 4 heteroatoms. The van der Waals surface area contributed by atoms with E-state index in [9.17, 15) is 5.11 Å². The molecule has 0 saturated carbocycles. The first-order valence-corrected chi connectivity index (χ1v) is 5.63. The lowest BCUT2D eigenvalue weighted by Crippen LogP contribution is -1.96. The van der Waals surface area contributed by atoms with Gasteiger partial charge in [-0.25, -0.2) is 0 Å². The Morgan fingerprint density at radius 2 is 2.24 bits per heavy atom. The Kier molecular flexibility index (Phi) is 3.32. The van der Waals surface area contributed by atoms with E-state index in [0.717, 1.165) is 17.7 Å². The highest BCUT2D eigenvalue weighted by Gasteiger charge is 2.04. The Hall–Kier alpha value is -1.97. The van der Waals surface area contributed by atoms with Gasteiger partial charge in [0, 0.05) is 23.9 Å². The van der Waals surface area contributed by atoms with Crippen LogP contribution in [0, 0.1) is 6.92 Å². The Balaban J connectivity index is 2.04. The number of hydrogen-bond donors (Lipinski definition) is 1. The predicted octanol–water partition coefficient (Wildman–Crippen LogP) is 2.50. The van der Waals surface area contributed by atoms with Crippen LogP contribution in [0.3, 0.4) is 0 Å². The number of ether oxygens (including phenoxy) is 1. The van der Waals surface area contributed by atoms with Crippen molar-refractivity contribution < 1.29 is 9.84 Å². The van der Waals surface area contributed by atoms with Crippen molar-refractivity contribution in [3.05, 3.63) is 41.7 Å². The van der Waals surface area contributed by atoms with E-state index >= 15 is 0 Å². The molecule has 0 spiro atoms. The number of benzene rings is 1. The van der Waals surface area contributed by atoms with Crippen molar-refractivity contribution in [1.29, 1.82) is 0 Å². The maximum Gasteiger partial charge on any atom is 0.126 e. The summed E-state index contributed by atoms with van der Waals surface area (Å²) in [4.78, 5) is 0. The highest BCUT2D eigenvalue weighted by atomic mass is 16.5. The lowest BCUT2D eigenvalue weighted by molar-refractivity contribution is 0.301. The number of phenols is 1. The summed E-state index contributed by atoms with van der Waals surface area (Å²) >= 11 is 0. The van der Waals surface area contributed by atoms with Crippen molar-refractivity contribution in [1.82, 2.24) is 9.78 Å². The van der Waals surface area contributed by atoms with E-state index in [1.807, 2.05) is 30.8 Å². The fourth-order valence-electron chi connectivity index (χ4n) is 1.57. The normalized spacial score (nSPS) is 10.5. The van der Waals surface area contributed by atoms with Crippen molar-refractivity contribution in [2.75, 3.05) is 0 Å². The second-order valence-electron chi connectivity index (χ2n) is 3.89. The zero-order valence-electron chi connectivity index (χ0n) is 10.1. The first-order valence-electron chi connectivity index (χ1n) is 5.63. The van der Waals surface area contributed by atoms with Crippen molar-refractivity contribution >= 4 is 0 Å². The van der Waals surface area contributed by atoms with Crippen molar-refractivity contribution in [2.24, 2.45) is 0 Å². The third-order valence-corrected chi connectivity index (χ3v) is 2.66. The fourth-order valence-corrected chi connectivity index (χ4v) is 1.57. The van der Waals surface area contributed by atoms with E-state index in [4.69, 9.17) is 4.74 Å². The molecule has 1 N–H and O–H groups in total. The first-order chi connectivity index (χ1) is 8.20. The van der Waals surface area contributed by atoms with Gasteiger partial charge < -0.3 is 9.84 Å². The second-order valence-corrected chi connectivity index (χ2v) is 3.89. The lowest BCUT2D eigenvalue weighted by atomic mass is 10.2. The zero-order chi connectivity index (χ0) is 12.3. The fraction of sp³-hybridized carbons (Fsp3) is 0.308. The number of aryl methyl sites for hydroxylation is 1. The third kappa shape index (κ3) is 2.58. The molecule has 0 radical (unpaired) electrons. The van der Waals surface area contributed by atoms with Gasteiger partial charge in [-0.05, 0) is 26.0 Å². The van der Waals surface area contributed by atoms with Gasteiger partial charge >= 0.3 is 0 Å². The van der Waals surface area contributed by atoms with Gasteiger partial charge in [0.05, 0.1) is 6.20 Å². The summed E-state index contributed by atoms with van der Waals surface area (Å²) in [6, 6.07) is 5.27. The van der Waals surface area contributed by atoms with Gasteiger partial charge in [0.15, 0.2) is 0 Å². The minimum atomic E-state index is 0.256. The summed E-state index contributed by atoms with van der Waals surface area (Å²) in [6.07, 6.45) is 3.75. The average Bonchev–Trinajstić information content (AvgIpc) is 2.79. The topological polar surface area (TPSA) is 47.3 Å². The molecule has 0 aliphatic rings. The monoisotopic (exact) mass is 232 g/mol. The number of rotatable bonds is 4. The molecule has 0 bridgehead atoms. The maximum absolute atomic E-state index is 9.54. The molecule has 2 aromatic rings. The smallest absolute Gasteiger partial charge is 0.126 e. The summed E-state index contributed by atoms with van der Waals surface area (Å²) in [6.45, 7) is 5.19. The Labute approximate surface area is 100 Å². The summed E-state index contributed by atoms with van der Waals surface area (Å²) in [5.74, 6) is 0.959. The molecule has 0 unspecified atom stereocenters. The van der Waals surface area contributed by atoms with Gasteiger partial charge in [-0.3, -0.25) is 4.68 Å². The van der Waals surface area contributed by atoms with Crippen LogP contribution >= 0.6 is 0 Å². The van der Waals surface area contributed by atoms with E-state index in [2.05, 4.69) is 5.10 Å². The molecular formula is C13H16N2O2. The van der Waals surface area contributed by atoms with Crippen LogP contribution in [-0.4, -0.2) is 14.9 Å². The molecule has 4 nitrogen and oxygen atoms in total. The SMILES string of the molecule is CCn1cc(COc2cccc(O)c2C)cn1. The third-order valence-electron chi connectivity index (χ3n) is 2.66. The van der Waals surface area contributed by atoms with Gasteiger partial charge in [-0.15, -0.1) is 0 Å². The molecule has 1 heterocycles. The molecule has 1 aromatic carbocycles. The molecule has 90 valence electrons. The molecule has 17 heavy (non-hydrogen) atoms. The van der Waals surface area contributed by atoms with E-state index in [-0.39, 0.29) is 5.75 Å². The van der Waals surface area contributed by atoms with E-state index < -0.39 is 0 Å². The molecule has 0 aliphatic carbocycles. The highest BCUT2D eigenvalue weighted by Crippen LogP contribution is 2.26. The van der Waals surface area contributed by atoms with Crippen LogP contribution in [0.1, 0.15) is 18.1 Å².